The number of nitrogens with zero attached hydrogens (tertiary/aromatic N) is 12. The van der Waals surface area contributed by atoms with E-state index < -0.39 is 107 Å². The summed E-state index contributed by atoms with van der Waals surface area (Å²) in [5.74, 6) is -3.76. The van der Waals surface area contributed by atoms with E-state index in [-0.39, 0.29) is 247 Å². The number of ether oxygens (including phenoxy) is 6. The first-order valence-corrected chi connectivity index (χ1v) is 68.4. The van der Waals surface area contributed by atoms with Crippen molar-refractivity contribution in [3.8, 4) is 5.88 Å². The normalized spacial score (nSPS) is 31.9. The number of aromatic amines is 1. The molecular formula is C65H98Cl5FN17O15P5W5Y5. The van der Waals surface area contributed by atoms with E-state index in [4.69, 9.17) is 126 Å². The van der Waals surface area contributed by atoms with Gasteiger partial charge >= 0.3 is 736 Å². The van der Waals surface area contributed by atoms with Crippen LogP contribution in [0.4, 0.5) is 22.0 Å². The summed E-state index contributed by atoms with van der Waals surface area (Å²) in [7, 11) is 0. The SMILES string of the molecule is C=C1NC(=O)C(F)=CN1[C@@H]1O[C@H](CO[PH](C)=[W])[C@@H](C)[C@@]1(C)Cl.CCOc1nc(N)nc2c1ncn2[C@@H]1O[C@H](CO[PH](C)=[W])[C@@H](C)[C@@]1(C)Cl.C[C@@H]1[C@@H](CO[PH](C)=[W])O[C@@H](n2ccc(=O)[nH]c2=O)[C@]1(C)Cl.C[C@@H]1[C@@H](CO[PH](C)=[W])O[C@@H](n2ccc(N)nc2=O)[C@]1(C)Cl.C[C@@H]1[C@@H](CO[PH](C)=[W])O[C@@H](n2cnc3c(N)ncnc32)[C@]1(C)Cl.[Y].[Y].[Y].[Y].[Y]. The summed E-state index contributed by atoms with van der Waals surface area (Å²) in [4.78, 5) is 75.8. The first-order valence-electron chi connectivity index (χ1n) is 35.4. The molecule has 12 rings (SSSR count). The number of carbonyl (C=O) groups is 1. The molecule has 5 unspecified atom stereocenters. The third-order valence-electron chi connectivity index (χ3n) is 20.5. The summed E-state index contributed by atoms with van der Waals surface area (Å²) in [6.07, 6.45) is 5.49. The number of nitrogen functional groups attached to an aromatic ring is 3. The topological polar surface area (TPSA) is 389 Å². The van der Waals surface area contributed by atoms with E-state index in [0.717, 1.165) is 6.20 Å². The van der Waals surface area contributed by atoms with E-state index in [1.165, 1.54) is 127 Å². The Morgan fingerprint density at radius 3 is 1.28 bits per heavy atom. The van der Waals surface area contributed by atoms with Crippen LogP contribution in [0.5, 0.6) is 5.88 Å². The molecule has 32 nitrogen and oxygen atoms in total. The van der Waals surface area contributed by atoms with Gasteiger partial charge < -0.3 is 0 Å². The number of nitrogens with two attached hydrogens (primary N) is 3. The van der Waals surface area contributed by atoms with Crippen molar-refractivity contribution in [1.82, 2.24) is 68.4 Å². The molecule has 53 heteroatoms. The van der Waals surface area contributed by atoms with Crippen LogP contribution in [-0.4, -0.2) is 203 Å². The summed E-state index contributed by atoms with van der Waals surface area (Å²) >= 11 is 41.0. The average molecular weight is 3070 g/mol. The summed E-state index contributed by atoms with van der Waals surface area (Å²) in [6.45, 7) is 38.9. The van der Waals surface area contributed by atoms with Crippen LogP contribution in [0.3, 0.4) is 0 Å². The minimum absolute atomic E-state index is 0. The second kappa shape index (κ2) is 51.4. The number of amides is 1. The number of H-pyrrole nitrogens is 1. The molecule has 25 atom stereocenters. The van der Waals surface area contributed by atoms with E-state index in [0.29, 0.717) is 73.7 Å². The van der Waals surface area contributed by atoms with Gasteiger partial charge in [-0.1, -0.05) is 0 Å². The van der Waals surface area contributed by atoms with Gasteiger partial charge in [-0.3, -0.25) is 0 Å². The van der Waals surface area contributed by atoms with Crippen LogP contribution in [-0.2, 0) is 309 Å². The van der Waals surface area contributed by atoms with Gasteiger partial charge in [-0.15, -0.1) is 0 Å². The van der Waals surface area contributed by atoms with Crippen molar-refractivity contribution in [3.05, 3.63) is 99.3 Å². The fourth-order valence-electron chi connectivity index (χ4n) is 12.9. The van der Waals surface area contributed by atoms with Crippen LogP contribution in [0.15, 0.2) is 82.3 Å². The number of anilines is 3. The van der Waals surface area contributed by atoms with Crippen molar-refractivity contribution < 1.29 is 318 Å². The van der Waals surface area contributed by atoms with Crippen LogP contribution in [0.1, 0.15) is 101 Å². The number of nitrogens with one attached hydrogen (secondary N) is 2. The zero-order valence-electron chi connectivity index (χ0n) is 67.6. The average Bonchev–Trinajstić information content (AvgIpc) is 1.61. The molecule has 5 fully saturated rings. The number of hydrogen-bond acceptors (Lipinski definition) is 26. The van der Waals surface area contributed by atoms with Crippen molar-refractivity contribution >= 4 is 133 Å². The summed E-state index contributed by atoms with van der Waals surface area (Å²) < 4.78 is 84.9. The number of aromatic nitrogens is 12. The van der Waals surface area contributed by atoms with Gasteiger partial charge in [0.25, 0.3) is 0 Å². The molecule has 8 N–H and O–H groups in total. The molecule has 6 aromatic rings. The fraction of sp³-hybridized carbons (Fsp3) is 0.646. The predicted molar refractivity (Wildman–Crippen MR) is 426 cm³/mol. The molecule has 12 heterocycles. The molecule has 645 valence electrons. The van der Waals surface area contributed by atoms with Crippen LogP contribution >= 0.6 is 86.9 Å². The molecule has 0 aliphatic carbocycles. The van der Waals surface area contributed by atoms with Gasteiger partial charge in [0.1, 0.15) is 0 Å². The van der Waals surface area contributed by atoms with Crippen molar-refractivity contribution in [2.45, 2.75) is 162 Å². The molecule has 6 aliphatic heterocycles. The number of imidazole rings is 2. The van der Waals surface area contributed by atoms with Gasteiger partial charge in [-0.2, -0.15) is 0 Å². The van der Waals surface area contributed by atoms with Crippen molar-refractivity contribution in [1.29, 1.82) is 0 Å². The number of rotatable bonds is 22. The largest absolute Gasteiger partial charge is 0 e. The maximum Gasteiger partial charge on any atom is 0 e. The number of carbonyl (C=O) groups excluding carboxylic acids is 1. The Morgan fingerprint density at radius 1 is 0.525 bits per heavy atom. The maximum atomic E-state index is 13.6. The second-order valence-corrected chi connectivity index (χ2v) is 69.8. The quantitative estimate of drug-likeness (QED) is 0.0311. The van der Waals surface area contributed by atoms with Crippen molar-refractivity contribution in [2.75, 3.05) is 90.2 Å². The van der Waals surface area contributed by atoms with E-state index >= 15 is 0 Å². The molecule has 0 saturated carbocycles. The summed E-state index contributed by atoms with van der Waals surface area (Å²) in [5, 5.41) is 2.36. The Hall–Kier alpha value is 4.70. The van der Waals surface area contributed by atoms with Gasteiger partial charge in [-0.25, -0.2) is 0 Å². The molecule has 5 radical (unpaired) electrons. The standard InChI is InChI=1S/C15H23ClN5O3P.C13H19ClFN2O3P.C13H19ClN5O2P.C12H19ClN3O3P.C12H18ClN2O4P.5W.5Y/c1-5-22-12-10-11(19-14(17)20-12)21(7-18-10)13-15(3,16)8(2)9(24-13)6-23-25-4;1-7-10(6-19-21-4)20-12(13(7,3)14)17-5-9(15)11(18)16-8(17)2;1-7-8(4-20-22-3)21-12(13(7,2)14)19-6-18-9-10(15)16-5-17-11(9)19;1-7-8(6-18-20-3)19-10(12(7,2)13)16-5-4-9(14)15-11(16)17;1-7-8(6-18-20-3)19-10(12(7,2)13)15-5-4-9(16)14-11(15)17;;;;;;;;;;/h7-9,13,25H,5-6H2,1-4H3,(H2,17,19,20);5,7,10,12,21H,2,6H2,1,3-4H3,(H,16,18);5-8,12,22H,4H2,1-3H3,(H2,15,16,17);4-5,7-8,10,20H,6H2,1-3H3,(H2,14,15,17);4-5,7-8,10,20H,6H2,1-3H3,(H,14,16,17);;;;;;;;;;/t8-,9-,13-,15-;7-,10-,12-,13-;7-,8-,12-,13-;2*7-,8-,10-,12-;;;;;;;;;;/m11111........../s1. The first-order chi connectivity index (χ1) is 52.7. The monoisotopic (exact) mass is 3070 g/mol. The van der Waals surface area contributed by atoms with Gasteiger partial charge in [0, 0.05) is 164 Å². The van der Waals surface area contributed by atoms with Crippen LogP contribution in [0, 0.1) is 29.6 Å². The molecule has 6 aliphatic rings. The Bertz CT molecular complexity index is 4780. The molecule has 0 spiro atoms. The second-order valence-electron chi connectivity index (χ2n) is 28.4. The van der Waals surface area contributed by atoms with Gasteiger partial charge in [0.15, 0.2) is 0 Å². The van der Waals surface area contributed by atoms with Crippen LogP contribution < -0.4 is 44.2 Å². The number of halogens is 6. The van der Waals surface area contributed by atoms with E-state index in [1.807, 2.05) is 71.4 Å². The van der Waals surface area contributed by atoms with Gasteiger partial charge in [-0.05, 0) is 6.92 Å². The summed E-state index contributed by atoms with van der Waals surface area (Å²) in [5.41, 5.74) is 18.1. The Kier molecular flexibility index (Phi) is 50.9. The zero-order valence-corrected chi connectivity index (χ0v) is 105. The third kappa shape index (κ3) is 29.4. The van der Waals surface area contributed by atoms with Crippen molar-refractivity contribution in [2.24, 2.45) is 29.6 Å². The Balaban J connectivity index is 0.000000378. The molecule has 0 bridgehead atoms. The molecule has 5 saturated heterocycles. The predicted octanol–water partition coefficient (Wildman–Crippen LogP) is 9.94. The Labute approximate surface area is 892 Å². The molecule has 118 heavy (non-hydrogen) atoms. The van der Waals surface area contributed by atoms with E-state index in [1.54, 1.807) is 24.9 Å². The van der Waals surface area contributed by atoms with Crippen LogP contribution in [0.25, 0.3) is 22.3 Å². The fourth-order valence-corrected chi connectivity index (χ4v) is 20.1. The molecule has 6 aromatic heterocycles. The molecule has 0 aromatic carbocycles. The van der Waals surface area contributed by atoms with E-state index in [9.17, 15) is 23.6 Å². The Morgan fingerprint density at radius 2 is 0.890 bits per heavy atom. The number of alkyl halides is 5. The molecule has 1 amide bonds. The van der Waals surface area contributed by atoms with Gasteiger partial charge in [0.05, 0.1) is 0 Å². The van der Waals surface area contributed by atoms with E-state index in [2.05, 4.69) is 98.9 Å². The van der Waals surface area contributed by atoms with Crippen LogP contribution in [0.2, 0.25) is 0 Å². The first kappa shape index (κ1) is 117. The minimum Gasteiger partial charge on any atom is 0 e. The number of fused-ring (bicyclic) bond motifs is 2. The summed E-state index contributed by atoms with van der Waals surface area (Å²) in [6, 6.07) is 2.85. The smallest absolute Gasteiger partial charge is 0 e. The third-order valence-corrected chi connectivity index (χ3v) is 32.4. The maximum absolute atomic E-state index is 13.6. The number of hydrogen-bond donors (Lipinski definition) is 5. The van der Waals surface area contributed by atoms with Crippen molar-refractivity contribution in [3.63, 3.8) is 0 Å². The molecular weight excluding hydrogens is 2970 g/mol. The van der Waals surface area contributed by atoms with Gasteiger partial charge in [0.2, 0.25) is 0 Å². The minimum atomic E-state index is -0.896. The zero-order chi connectivity index (χ0) is 84.1.